The number of carbonyl (C=O) groups is 3. The van der Waals surface area contributed by atoms with Gasteiger partial charge >= 0.3 is 11.9 Å². The molecule has 2 aromatic carbocycles. The Hall–Kier alpha value is -3.98. The fourth-order valence-electron chi connectivity index (χ4n) is 3.83. The lowest BCUT2D eigenvalue weighted by Crippen LogP contribution is -2.29. The van der Waals surface area contributed by atoms with E-state index < -0.39 is 23.7 Å². The van der Waals surface area contributed by atoms with Crippen molar-refractivity contribution in [3.8, 4) is 5.75 Å². The fraction of sp³-hybridized carbons (Fsp3) is 0.231. The van der Waals surface area contributed by atoms with E-state index >= 15 is 0 Å². The maximum atomic E-state index is 13.2. The Morgan fingerprint density at radius 2 is 1.80 bits per heavy atom. The molecule has 1 aliphatic rings. The molecule has 0 radical (unpaired) electrons. The summed E-state index contributed by atoms with van der Waals surface area (Å²) in [6.45, 7) is 4.19. The third kappa shape index (κ3) is 4.54. The molecule has 3 aromatic rings. The number of amides is 1. The highest BCUT2D eigenvalue weighted by molar-refractivity contribution is 7.17. The second kappa shape index (κ2) is 10.1. The molecule has 1 N–H and O–H groups in total. The number of hydrogen-bond donors (Lipinski definition) is 1. The van der Waals surface area contributed by atoms with Crippen molar-refractivity contribution in [1.29, 1.82) is 0 Å². The first-order valence-corrected chi connectivity index (χ1v) is 11.8. The number of aliphatic hydroxyl groups excluding tert-OH is 1. The van der Waals surface area contributed by atoms with E-state index in [0.717, 1.165) is 17.8 Å². The van der Waals surface area contributed by atoms with Gasteiger partial charge in [-0.15, -0.1) is 0 Å². The van der Waals surface area contributed by atoms with Crippen LogP contribution >= 0.6 is 11.3 Å². The zero-order valence-corrected chi connectivity index (χ0v) is 20.3. The van der Waals surface area contributed by atoms with Crippen LogP contribution in [-0.2, 0) is 14.3 Å². The molecule has 0 saturated carbocycles. The van der Waals surface area contributed by atoms with Crippen molar-refractivity contribution >= 4 is 39.9 Å². The molecule has 1 aromatic heterocycles. The van der Waals surface area contributed by atoms with E-state index in [1.54, 1.807) is 55.5 Å². The van der Waals surface area contributed by atoms with Crippen LogP contribution in [0.2, 0.25) is 0 Å². The molecule has 8 nitrogen and oxygen atoms in total. The highest BCUT2D eigenvalue weighted by Crippen LogP contribution is 2.43. The first kappa shape index (κ1) is 24.2. The fourth-order valence-corrected chi connectivity index (χ4v) is 4.84. The maximum Gasteiger partial charge on any atom is 0.350 e. The van der Waals surface area contributed by atoms with Gasteiger partial charge in [-0.2, -0.15) is 0 Å². The van der Waals surface area contributed by atoms with E-state index in [-0.39, 0.29) is 21.3 Å². The zero-order chi connectivity index (χ0) is 25.1. The van der Waals surface area contributed by atoms with Gasteiger partial charge in [-0.1, -0.05) is 48.6 Å². The lowest BCUT2D eigenvalue weighted by Gasteiger charge is -2.23. The first-order chi connectivity index (χ1) is 16.9. The third-order valence-electron chi connectivity index (χ3n) is 5.52. The maximum absolute atomic E-state index is 13.2. The van der Waals surface area contributed by atoms with Crippen molar-refractivity contribution in [3.63, 3.8) is 0 Å². The Morgan fingerprint density at radius 1 is 1.11 bits per heavy atom. The van der Waals surface area contributed by atoms with Crippen LogP contribution in [0.1, 0.15) is 45.9 Å². The third-order valence-corrected chi connectivity index (χ3v) is 6.66. The zero-order valence-electron chi connectivity index (χ0n) is 19.5. The van der Waals surface area contributed by atoms with Crippen LogP contribution in [0.25, 0.3) is 5.76 Å². The monoisotopic (exact) mass is 492 g/mol. The lowest BCUT2D eigenvalue weighted by molar-refractivity contribution is -0.132. The van der Waals surface area contributed by atoms with Crippen molar-refractivity contribution in [1.82, 2.24) is 4.98 Å². The number of ketones is 1. The average Bonchev–Trinajstić information content (AvgIpc) is 3.39. The number of thiazole rings is 1. The predicted molar refractivity (Wildman–Crippen MR) is 132 cm³/mol. The highest BCUT2D eigenvalue weighted by Gasteiger charge is 2.48. The molecule has 35 heavy (non-hydrogen) atoms. The predicted octanol–water partition coefficient (Wildman–Crippen LogP) is 4.65. The standard InChI is InChI=1S/C26H24N2O6S/c1-4-14-34-18-12-10-17(11-13-18)21(29)19-20(16-8-6-5-7-9-16)28(24(31)22(19)30)26-27-15(2)23(35-26)25(32)33-3/h5-13,20,29H,4,14H2,1-3H3/t20-/m0/s1. The quantitative estimate of drug-likeness (QED) is 0.221. The van der Waals surface area contributed by atoms with Crippen LogP contribution < -0.4 is 9.64 Å². The number of esters is 1. The van der Waals surface area contributed by atoms with Crippen molar-refractivity contribution in [3.05, 3.63) is 81.9 Å². The molecular weight excluding hydrogens is 468 g/mol. The number of aromatic nitrogens is 1. The number of benzene rings is 2. The van der Waals surface area contributed by atoms with Gasteiger partial charge in [0.05, 0.1) is 31.0 Å². The molecule has 4 rings (SSSR count). The number of ether oxygens (including phenoxy) is 2. The molecule has 0 spiro atoms. The molecule has 1 atom stereocenters. The van der Waals surface area contributed by atoms with Crippen molar-refractivity contribution in [2.24, 2.45) is 0 Å². The normalized spacial score (nSPS) is 17.0. The number of Topliss-reactive ketones (excluding diaryl/α,β-unsaturated/α-hetero) is 1. The Bertz CT molecular complexity index is 1300. The smallest absolute Gasteiger partial charge is 0.350 e. The van der Waals surface area contributed by atoms with E-state index in [4.69, 9.17) is 9.47 Å². The average molecular weight is 493 g/mol. The van der Waals surface area contributed by atoms with Crippen LogP contribution in [0.4, 0.5) is 5.13 Å². The number of aryl methyl sites for hydroxylation is 1. The van der Waals surface area contributed by atoms with Crippen LogP contribution in [0.5, 0.6) is 5.75 Å². The van der Waals surface area contributed by atoms with Gasteiger partial charge in [0.2, 0.25) is 0 Å². The van der Waals surface area contributed by atoms with Crippen LogP contribution in [-0.4, -0.2) is 41.5 Å². The van der Waals surface area contributed by atoms with Gasteiger partial charge in [0, 0.05) is 5.56 Å². The van der Waals surface area contributed by atoms with Crippen molar-refractivity contribution in [2.45, 2.75) is 26.3 Å². The van der Waals surface area contributed by atoms with Gasteiger partial charge in [0.15, 0.2) is 5.13 Å². The van der Waals surface area contributed by atoms with E-state index in [2.05, 4.69) is 4.98 Å². The van der Waals surface area contributed by atoms with E-state index in [1.807, 2.05) is 13.0 Å². The highest BCUT2D eigenvalue weighted by atomic mass is 32.1. The molecule has 1 fully saturated rings. The summed E-state index contributed by atoms with van der Waals surface area (Å²) in [7, 11) is 1.26. The number of aliphatic hydroxyl groups is 1. The number of nitrogens with zero attached hydrogens (tertiary/aromatic N) is 2. The van der Waals surface area contributed by atoms with Gasteiger partial charge in [-0.3, -0.25) is 14.5 Å². The molecule has 1 saturated heterocycles. The summed E-state index contributed by atoms with van der Waals surface area (Å²) in [6, 6.07) is 14.6. The summed E-state index contributed by atoms with van der Waals surface area (Å²) in [5, 5.41) is 11.4. The van der Waals surface area contributed by atoms with Crippen LogP contribution in [0, 0.1) is 6.92 Å². The summed E-state index contributed by atoms with van der Waals surface area (Å²) in [5.41, 5.74) is 1.31. The molecule has 9 heteroatoms. The number of methoxy groups -OCH3 is 1. The second-order valence-electron chi connectivity index (χ2n) is 7.86. The Kier molecular flexibility index (Phi) is 6.97. The van der Waals surface area contributed by atoms with E-state index in [9.17, 15) is 19.5 Å². The van der Waals surface area contributed by atoms with Crippen molar-refractivity contribution in [2.75, 3.05) is 18.6 Å². The SMILES string of the molecule is CCCOc1ccc(C(O)=C2C(=O)C(=O)N(c3nc(C)c(C(=O)OC)s3)[C@H]2c2ccccc2)cc1. The lowest BCUT2D eigenvalue weighted by atomic mass is 9.95. The van der Waals surface area contributed by atoms with Gasteiger partial charge in [0.1, 0.15) is 16.4 Å². The molecule has 1 amide bonds. The van der Waals surface area contributed by atoms with Crippen LogP contribution in [0.3, 0.4) is 0 Å². The Labute approximate surface area is 206 Å². The molecule has 0 aliphatic carbocycles. The van der Waals surface area contributed by atoms with Gasteiger partial charge in [-0.05, 0) is 43.2 Å². The van der Waals surface area contributed by atoms with E-state index in [0.29, 0.717) is 29.2 Å². The first-order valence-electron chi connectivity index (χ1n) is 11.0. The van der Waals surface area contributed by atoms with Crippen LogP contribution in [0.15, 0.2) is 60.2 Å². The summed E-state index contributed by atoms with van der Waals surface area (Å²) in [6.07, 6.45) is 0.857. The molecule has 0 bridgehead atoms. The minimum absolute atomic E-state index is 0.0594. The number of carbonyl (C=O) groups excluding carboxylic acids is 3. The summed E-state index contributed by atoms with van der Waals surface area (Å²) >= 11 is 0.959. The number of hydrogen-bond acceptors (Lipinski definition) is 8. The minimum atomic E-state index is -0.928. The molecule has 1 aliphatic heterocycles. The minimum Gasteiger partial charge on any atom is -0.507 e. The molecule has 180 valence electrons. The second-order valence-corrected chi connectivity index (χ2v) is 8.83. The summed E-state index contributed by atoms with van der Waals surface area (Å²) in [4.78, 5) is 44.4. The van der Waals surface area contributed by atoms with Gasteiger partial charge in [0.25, 0.3) is 5.78 Å². The molecule has 2 heterocycles. The van der Waals surface area contributed by atoms with Gasteiger partial charge in [-0.25, -0.2) is 9.78 Å². The molecule has 0 unspecified atom stereocenters. The van der Waals surface area contributed by atoms with Gasteiger partial charge < -0.3 is 14.6 Å². The summed E-state index contributed by atoms with van der Waals surface area (Å²) < 4.78 is 10.4. The number of rotatable bonds is 7. The van der Waals surface area contributed by atoms with E-state index in [1.165, 1.54) is 12.0 Å². The summed E-state index contributed by atoms with van der Waals surface area (Å²) in [5.74, 6) is -1.92. The van der Waals surface area contributed by atoms with Crippen molar-refractivity contribution < 1.29 is 29.0 Å². The number of anilines is 1. The Balaban J connectivity index is 1.84. The largest absolute Gasteiger partial charge is 0.507 e. The Morgan fingerprint density at radius 3 is 2.43 bits per heavy atom. The topological polar surface area (TPSA) is 106 Å². The molecular formula is C26H24N2O6S.